The van der Waals surface area contributed by atoms with Gasteiger partial charge in [0.05, 0.1) is 15.5 Å². The zero-order valence-corrected chi connectivity index (χ0v) is 14.9. The molecule has 1 aliphatic heterocycles. The third kappa shape index (κ3) is 5.18. The molecule has 2 rings (SSSR count). The highest BCUT2D eigenvalue weighted by Gasteiger charge is 2.21. The van der Waals surface area contributed by atoms with E-state index in [9.17, 15) is 14.9 Å². The van der Waals surface area contributed by atoms with E-state index in [0.717, 1.165) is 26.1 Å². The number of piperidine rings is 1. The molecule has 0 aliphatic carbocycles. The molecule has 24 heavy (non-hydrogen) atoms. The lowest BCUT2D eigenvalue weighted by Crippen LogP contribution is -2.40. The topological polar surface area (TPSA) is 75.5 Å². The van der Waals surface area contributed by atoms with Crippen LogP contribution in [0.25, 0.3) is 0 Å². The minimum Gasteiger partial charge on any atom is -0.352 e. The normalized spacial score (nSPS) is 21.5. The van der Waals surface area contributed by atoms with Crippen molar-refractivity contribution in [1.29, 1.82) is 0 Å². The lowest BCUT2D eigenvalue weighted by molar-refractivity contribution is -0.384. The van der Waals surface area contributed by atoms with Crippen molar-refractivity contribution in [3.63, 3.8) is 0 Å². The molecule has 1 fully saturated rings. The van der Waals surface area contributed by atoms with Crippen LogP contribution in [0, 0.1) is 22.0 Å². The molecule has 1 aromatic carbocycles. The molecule has 0 spiro atoms. The van der Waals surface area contributed by atoms with E-state index in [0.29, 0.717) is 18.4 Å². The van der Waals surface area contributed by atoms with Gasteiger partial charge >= 0.3 is 0 Å². The Morgan fingerprint density at radius 2 is 2.04 bits per heavy atom. The number of halogens is 1. The molecule has 1 N–H and O–H groups in total. The van der Waals surface area contributed by atoms with Crippen LogP contribution in [0.1, 0.15) is 37.0 Å². The van der Waals surface area contributed by atoms with Gasteiger partial charge in [-0.2, -0.15) is 0 Å². The number of nitro groups is 1. The minimum atomic E-state index is -0.536. The first-order chi connectivity index (χ1) is 11.4. The van der Waals surface area contributed by atoms with E-state index in [1.807, 2.05) is 0 Å². The van der Waals surface area contributed by atoms with Crippen LogP contribution in [0.5, 0.6) is 0 Å². The quantitative estimate of drug-likeness (QED) is 0.483. The Kier molecular flexibility index (Phi) is 6.57. The van der Waals surface area contributed by atoms with Gasteiger partial charge in [-0.15, -0.1) is 0 Å². The lowest BCUT2D eigenvalue weighted by atomic mass is 9.92. The number of carbonyl (C=O) groups excluding carboxylic acids is 1. The maximum Gasteiger partial charge on any atom is 0.270 e. The fourth-order valence-corrected chi connectivity index (χ4v) is 3.58. The number of rotatable bonds is 6. The van der Waals surface area contributed by atoms with E-state index in [1.54, 1.807) is 0 Å². The average Bonchev–Trinajstić information content (AvgIpc) is 2.50. The maximum atomic E-state index is 12.2. The fourth-order valence-electron chi connectivity index (χ4n) is 3.38. The van der Waals surface area contributed by atoms with Crippen molar-refractivity contribution in [2.24, 2.45) is 11.8 Å². The number of likely N-dealkylation sites (tertiary alicyclic amines) is 1. The van der Waals surface area contributed by atoms with Crippen LogP contribution in [-0.4, -0.2) is 41.9 Å². The van der Waals surface area contributed by atoms with Gasteiger partial charge in [0.25, 0.3) is 11.6 Å². The largest absolute Gasteiger partial charge is 0.352 e. The number of nitrogens with one attached hydrogen (secondary N) is 1. The van der Waals surface area contributed by atoms with Crippen LogP contribution in [0.15, 0.2) is 18.2 Å². The van der Waals surface area contributed by atoms with Crippen LogP contribution in [0.3, 0.4) is 0 Å². The Morgan fingerprint density at radius 1 is 1.38 bits per heavy atom. The molecule has 0 aromatic heterocycles. The second-order valence-corrected chi connectivity index (χ2v) is 7.14. The van der Waals surface area contributed by atoms with Crippen LogP contribution in [-0.2, 0) is 0 Å². The second-order valence-electron chi connectivity index (χ2n) is 6.74. The molecule has 0 bridgehead atoms. The molecule has 1 aromatic rings. The average molecular weight is 354 g/mol. The molecule has 1 aliphatic rings. The first-order valence-electron chi connectivity index (χ1n) is 8.31. The summed E-state index contributed by atoms with van der Waals surface area (Å²) in [6, 6.07) is 3.88. The monoisotopic (exact) mass is 353 g/mol. The van der Waals surface area contributed by atoms with Gasteiger partial charge in [-0.1, -0.05) is 25.4 Å². The van der Waals surface area contributed by atoms with Crippen molar-refractivity contribution >= 4 is 23.2 Å². The number of hydrogen-bond acceptors (Lipinski definition) is 4. The van der Waals surface area contributed by atoms with Gasteiger partial charge < -0.3 is 10.2 Å². The molecule has 2 atom stereocenters. The van der Waals surface area contributed by atoms with Crippen LogP contribution in [0.2, 0.25) is 5.02 Å². The van der Waals surface area contributed by atoms with E-state index in [4.69, 9.17) is 11.6 Å². The lowest BCUT2D eigenvalue weighted by Gasteiger charge is -2.34. The smallest absolute Gasteiger partial charge is 0.270 e. The Morgan fingerprint density at radius 3 is 2.67 bits per heavy atom. The third-order valence-electron chi connectivity index (χ3n) is 4.29. The standard InChI is InChI=1S/C17H24ClN3O3/c1-12-8-13(2)11-20(10-12)7-3-6-19-17(22)15-9-14(21(23)24)4-5-16(15)18/h4-5,9,12-13H,3,6-8,10-11H2,1-2H3,(H,19,22)/t12-,13+. The number of nitrogens with zero attached hydrogens (tertiary/aromatic N) is 2. The first kappa shape index (κ1) is 18.7. The van der Waals surface area contributed by atoms with E-state index in [1.165, 1.54) is 24.6 Å². The predicted octanol–water partition coefficient (Wildman–Crippen LogP) is 3.35. The Labute approximate surface area is 147 Å². The summed E-state index contributed by atoms with van der Waals surface area (Å²) in [5, 5.41) is 13.8. The zero-order valence-electron chi connectivity index (χ0n) is 14.1. The Bertz CT molecular complexity index is 599. The first-order valence-corrected chi connectivity index (χ1v) is 8.69. The molecule has 0 radical (unpaired) electrons. The summed E-state index contributed by atoms with van der Waals surface area (Å²) in [4.78, 5) is 24.9. The number of hydrogen-bond donors (Lipinski definition) is 1. The van der Waals surface area contributed by atoms with Crippen molar-refractivity contribution in [2.75, 3.05) is 26.2 Å². The highest BCUT2D eigenvalue weighted by atomic mass is 35.5. The van der Waals surface area contributed by atoms with Gasteiger partial charge in [0, 0.05) is 31.8 Å². The molecule has 0 unspecified atom stereocenters. The van der Waals surface area contributed by atoms with Crippen LogP contribution >= 0.6 is 11.6 Å². The SMILES string of the molecule is C[C@@H]1C[C@H](C)CN(CCCNC(=O)c2cc([N+](=O)[O-])ccc2Cl)C1. The third-order valence-corrected chi connectivity index (χ3v) is 4.62. The van der Waals surface area contributed by atoms with Crippen molar-refractivity contribution < 1.29 is 9.72 Å². The van der Waals surface area contributed by atoms with E-state index < -0.39 is 4.92 Å². The van der Waals surface area contributed by atoms with Gasteiger partial charge in [-0.25, -0.2) is 0 Å². The summed E-state index contributed by atoms with van der Waals surface area (Å²) in [6.45, 7) is 8.22. The van der Waals surface area contributed by atoms with Crippen molar-refractivity contribution in [3.8, 4) is 0 Å². The molecule has 1 saturated heterocycles. The second kappa shape index (κ2) is 8.44. The summed E-state index contributed by atoms with van der Waals surface area (Å²) < 4.78 is 0. The van der Waals surface area contributed by atoms with E-state index in [2.05, 4.69) is 24.1 Å². The Balaban J connectivity index is 1.81. The van der Waals surface area contributed by atoms with Crippen LogP contribution < -0.4 is 5.32 Å². The molecular formula is C17H24ClN3O3. The van der Waals surface area contributed by atoms with Crippen molar-refractivity contribution in [1.82, 2.24) is 10.2 Å². The maximum absolute atomic E-state index is 12.2. The number of nitro benzene ring substituents is 1. The number of carbonyl (C=O) groups is 1. The van der Waals surface area contributed by atoms with Gasteiger partial charge in [0.1, 0.15) is 0 Å². The molecule has 7 heteroatoms. The molecule has 1 amide bonds. The summed E-state index contributed by atoms with van der Waals surface area (Å²) in [6.07, 6.45) is 2.12. The van der Waals surface area contributed by atoms with Gasteiger partial charge in [-0.3, -0.25) is 14.9 Å². The summed E-state index contributed by atoms with van der Waals surface area (Å²) >= 11 is 5.97. The van der Waals surface area contributed by atoms with E-state index >= 15 is 0 Å². The summed E-state index contributed by atoms with van der Waals surface area (Å²) in [5.74, 6) is 1.06. The van der Waals surface area contributed by atoms with Crippen LogP contribution in [0.4, 0.5) is 5.69 Å². The number of benzene rings is 1. The predicted molar refractivity (Wildman–Crippen MR) is 94.4 cm³/mol. The minimum absolute atomic E-state index is 0.138. The summed E-state index contributed by atoms with van der Waals surface area (Å²) in [5.41, 5.74) is 0.00641. The molecule has 6 nitrogen and oxygen atoms in total. The highest BCUT2D eigenvalue weighted by molar-refractivity contribution is 6.33. The zero-order chi connectivity index (χ0) is 17.7. The van der Waals surface area contributed by atoms with Gasteiger partial charge in [0.2, 0.25) is 0 Å². The van der Waals surface area contributed by atoms with Crippen molar-refractivity contribution in [3.05, 3.63) is 38.9 Å². The Hall–Kier alpha value is -1.66. The van der Waals surface area contributed by atoms with Crippen molar-refractivity contribution in [2.45, 2.75) is 26.7 Å². The van der Waals surface area contributed by atoms with E-state index in [-0.39, 0.29) is 22.2 Å². The molecule has 0 saturated carbocycles. The number of amides is 1. The fraction of sp³-hybridized carbons (Fsp3) is 0.588. The summed E-state index contributed by atoms with van der Waals surface area (Å²) in [7, 11) is 0. The number of non-ortho nitro benzene ring substituents is 1. The van der Waals surface area contributed by atoms with Gasteiger partial charge in [0.15, 0.2) is 0 Å². The molecular weight excluding hydrogens is 330 g/mol. The van der Waals surface area contributed by atoms with Gasteiger partial charge in [-0.05, 0) is 37.3 Å². The highest BCUT2D eigenvalue weighted by Crippen LogP contribution is 2.22. The molecule has 1 heterocycles. The molecule has 132 valence electrons.